The Balaban J connectivity index is 2.40. The van der Waals surface area contributed by atoms with Crippen molar-refractivity contribution in [2.45, 2.75) is 19.8 Å². The molecule has 1 atom stereocenters. The van der Waals surface area contributed by atoms with Crippen LogP contribution in [0.2, 0.25) is 0 Å². The number of nitrogens with zero attached hydrogens (tertiary/aromatic N) is 1. The van der Waals surface area contributed by atoms with E-state index in [0.29, 0.717) is 25.4 Å². The van der Waals surface area contributed by atoms with Gasteiger partial charge in [-0.05, 0) is 35.6 Å². The molecule has 0 bridgehead atoms. The van der Waals surface area contributed by atoms with Crippen LogP contribution in [-0.2, 0) is 4.74 Å². The minimum atomic E-state index is -1.05. The topological polar surface area (TPSA) is 87.1 Å². The maximum atomic E-state index is 11.5. The van der Waals surface area contributed by atoms with Crippen molar-refractivity contribution in [3.63, 3.8) is 0 Å². The molecule has 0 radical (unpaired) electrons. The standard InChI is InChI=1S/C16H21NO5/c1-10(2)14(8-17-5-6-22-9-17)13-7-11(15(18)19)3-4-12(13)16(20)21/h3-4,7,10,14H,5-6,8-9H2,1-2H3,(H,18,19)(H,20,21). The van der Waals surface area contributed by atoms with E-state index in [1.54, 1.807) is 0 Å². The van der Waals surface area contributed by atoms with E-state index in [2.05, 4.69) is 4.90 Å². The summed E-state index contributed by atoms with van der Waals surface area (Å²) in [7, 11) is 0. The lowest BCUT2D eigenvalue weighted by molar-refractivity contribution is 0.0678. The first kappa shape index (κ1) is 16.5. The van der Waals surface area contributed by atoms with Gasteiger partial charge in [-0.25, -0.2) is 9.59 Å². The zero-order valence-corrected chi connectivity index (χ0v) is 12.8. The van der Waals surface area contributed by atoms with Crippen LogP contribution in [-0.4, -0.2) is 53.5 Å². The number of carbonyl (C=O) groups is 2. The number of hydrogen-bond acceptors (Lipinski definition) is 4. The van der Waals surface area contributed by atoms with E-state index in [1.165, 1.54) is 18.2 Å². The molecule has 1 aliphatic rings. The van der Waals surface area contributed by atoms with Crippen molar-refractivity contribution in [1.29, 1.82) is 0 Å². The largest absolute Gasteiger partial charge is 0.478 e. The molecule has 0 aromatic heterocycles. The Morgan fingerprint density at radius 2 is 2.00 bits per heavy atom. The normalized spacial score (nSPS) is 16.9. The van der Waals surface area contributed by atoms with Crippen molar-refractivity contribution in [3.05, 3.63) is 34.9 Å². The molecule has 6 nitrogen and oxygen atoms in total. The van der Waals surface area contributed by atoms with Gasteiger partial charge in [-0.15, -0.1) is 0 Å². The number of benzene rings is 1. The van der Waals surface area contributed by atoms with Crippen LogP contribution in [0.25, 0.3) is 0 Å². The van der Waals surface area contributed by atoms with Gasteiger partial charge >= 0.3 is 11.9 Å². The third-order valence-corrected chi connectivity index (χ3v) is 4.01. The molecule has 1 aromatic carbocycles. The summed E-state index contributed by atoms with van der Waals surface area (Å²) >= 11 is 0. The number of rotatable bonds is 6. The first-order chi connectivity index (χ1) is 10.4. The molecule has 1 saturated heterocycles. The van der Waals surface area contributed by atoms with Crippen molar-refractivity contribution >= 4 is 11.9 Å². The molecule has 0 saturated carbocycles. The van der Waals surface area contributed by atoms with Gasteiger partial charge in [0.25, 0.3) is 0 Å². The molecule has 1 aliphatic heterocycles. The highest BCUT2D eigenvalue weighted by molar-refractivity contribution is 5.93. The summed E-state index contributed by atoms with van der Waals surface area (Å²) in [5.41, 5.74) is 0.862. The van der Waals surface area contributed by atoms with Crippen molar-refractivity contribution in [2.75, 3.05) is 26.4 Å². The van der Waals surface area contributed by atoms with Gasteiger partial charge in [0.2, 0.25) is 0 Å². The molecule has 6 heteroatoms. The van der Waals surface area contributed by atoms with E-state index < -0.39 is 11.9 Å². The summed E-state index contributed by atoms with van der Waals surface area (Å²) < 4.78 is 5.33. The first-order valence-corrected chi connectivity index (χ1v) is 7.30. The van der Waals surface area contributed by atoms with E-state index >= 15 is 0 Å². The second-order valence-corrected chi connectivity index (χ2v) is 5.88. The Kier molecular flexibility index (Phi) is 5.15. The van der Waals surface area contributed by atoms with Crippen LogP contribution < -0.4 is 0 Å². The van der Waals surface area contributed by atoms with Gasteiger partial charge in [0.1, 0.15) is 0 Å². The van der Waals surface area contributed by atoms with Gasteiger partial charge in [-0.3, -0.25) is 4.90 Å². The van der Waals surface area contributed by atoms with Crippen LogP contribution >= 0.6 is 0 Å². The van der Waals surface area contributed by atoms with Crippen LogP contribution in [0.5, 0.6) is 0 Å². The molecular formula is C16H21NO5. The number of hydrogen-bond donors (Lipinski definition) is 2. The Hall–Kier alpha value is -1.92. The molecule has 22 heavy (non-hydrogen) atoms. The van der Waals surface area contributed by atoms with E-state index in [-0.39, 0.29) is 23.0 Å². The quantitative estimate of drug-likeness (QED) is 0.837. The monoisotopic (exact) mass is 307 g/mol. The van der Waals surface area contributed by atoms with Crippen molar-refractivity contribution in [3.8, 4) is 0 Å². The first-order valence-electron chi connectivity index (χ1n) is 7.30. The number of carboxylic acid groups (broad SMARTS) is 2. The molecule has 1 unspecified atom stereocenters. The van der Waals surface area contributed by atoms with Gasteiger partial charge in [-0.1, -0.05) is 13.8 Å². The van der Waals surface area contributed by atoms with Crippen molar-refractivity contribution in [2.24, 2.45) is 5.92 Å². The Bertz CT molecular complexity index is 564. The van der Waals surface area contributed by atoms with E-state index in [0.717, 1.165) is 6.54 Å². The van der Waals surface area contributed by atoms with E-state index in [9.17, 15) is 14.7 Å². The highest BCUT2D eigenvalue weighted by Gasteiger charge is 2.26. The Morgan fingerprint density at radius 3 is 2.50 bits per heavy atom. The molecule has 1 aromatic rings. The zero-order valence-electron chi connectivity index (χ0n) is 12.8. The summed E-state index contributed by atoms with van der Waals surface area (Å²) in [5, 5.41) is 18.6. The highest BCUT2D eigenvalue weighted by Crippen LogP contribution is 2.30. The zero-order chi connectivity index (χ0) is 16.3. The van der Waals surface area contributed by atoms with E-state index in [4.69, 9.17) is 9.84 Å². The van der Waals surface area contributed by atoms with Gasteiger partial charge in [0.05, 0.1) is 24.5 Å². The van der Waals surface area contributed by atoms with E-state index in [1.807, 2.05) is 13.8 Å². The van der Waals surface area contributed by atoms with Gasteiger partial charge in [-0.2, -0.15) is 0 Å². The SMILES string of the molecule is CC(C)C(CN1CCOC1)c1cc(C(=O)O)ccc1C(=O)O. The third-order valence-electron chi connectivity index (χ3n) is 4.01. The molecule has 1 heterocycles. The number of carboxylic acids is 2. The minimum absolute atomic E-state index is 0.0629. The predicted octanol–water partition coefficient (Wildman–Crippen LogP) is 2.11. The summed E-state index contributed by atoms with van der Waals surface area (Å²) in [6, 6.07) is 4.22. The molecule has 1 fully saturated rings. The smallest absolute Gasteiger partial charge is 0.335 e. The Labute approximate surface area is 129 Å². The number of aromatic carboxylic acids is 2. The maximum Gasteiger partial charge on any atom is 0.335 e. The van der Waals surface area contributed by atoms with Gasteiger partial charge in [0, 0.05) is 13.1 Å². The predicted molar refractivity (Wildman–Crippen MR) is 80.3 cm³/mol. The summed E-state index contributed by atoms with van der Waals surface area (Å²) in [6.45, 7) is 6.70. The summed E-state index contributed by atoms with van der Waals surface area (Å²) in [6.07, 6.45) is 0. The average molecular weight is 307 g/mol. The lowest BCUT2D eigenvalue weighted by Crippen LogP contribution is -2.29. The Morgan fingerprint density at radius 1 is 1.27 bits per heavy atom. The molecule has 2 rings (SSSR count). The fourth-order valence-corrected chi connectivity index (χ4v) is 2.74. The molecule has 0 spiro atoms. The molecular weight excluding hydrogens is 286 g/mol. The van der Waals surface area contributed by atoms with Crippen molar-refractivity contribution < 1.29 is 24.5 Å². The molecule has 0 aliphatic carbocycles. The lowest BCUT2D eigenvalue weighted by Gasteiger charge is -2.27. The van der Waals surface area contributed by atoms with Crippen LogP contribution in [0.3, 0.4) is 0 Å². The summed E-state index contributed by atoms with van der Waals surface area (Å²) in [4.78, 5) is 24.8. The minimum Gasteiger partial charge on any atom is -0.478 e. The fourth-order valence-electron chi connectivity index (χ4n) is 2.74. The molecule has 2 N–H and O–H groups in total. The molecule has 120 valence electrons. The lowest BCUT2D eigenvalue weighted by atomic mass is 9.84. The average Bonchev–Trinajstić information content (AvgIpc) is 2.96. The second kappa shape index (κ2) is 6.89. The van der Waals surface area contributed by atoms with Gasteiger partial charge < -0.3 is 14.9 Å². The van der Waals surface area contributed by atoms with Crippen LogP contribution in [0.1, 0.15) is 46.0 Å². The maximum absolute atomic E-state index is 11.5. The number of ether oxygens (including phenoxy) is 1. The van der Waals surface area contributed by atoms with Gasteiger partial charge in [0.15, 0.2) is 0 Å². The van der Waals surface area contributed by atoms with Crippen LogP contribution in [0.15, 0.2) is 18.2 Å². The highest BCUT2D eigenvalue weighted by atomic mass is 16.5. The van der Waals surface area contributed by atoms with Crippen LogP contribution in [0.4, 0.5) is 0 Å². The van der Waals surface area contributed by atoms with Crippen LogP contribution in [0, 0.1) is 5.92 Å². The van der Waals surface area contributed by atoms with Crippen molar-refractivity contribution in [1.82, 2.24) is 4.90 Å². The third kappa shape index (κ3) is 3.64. The molecule has 0 amide bonds. The summed E-state index contributed by atoms with van der Waals surface area (Å²) in [5.74, 6) is -1.96. The fraction of sp³-hybridized carbons (Fsp3) is 0.500. The second-order valence-electron chi connectivity index (χ2n) is 5.88.